The van der Waals surface area contributed by atoms with Crippen LogP contribution in [-0.4, -0.2) is 40.6 Å². The van der Waals surface area contributed by atoms with E-state index in [-0.39, 0.29) is 0 Å². The van der Waals surface area contributed by atoms with Crippen LogP contribution in [0.3, 0.4) is 0 Å². The summed E-state index contributed by atoms with van der Waals surface area (Å²) in [5.74, 6) is 0.474. The Hall–Kier alpha value is -1.69. The summed E-state index contributed by atoms with van der Waals surface area (Å²) in [5, 5.41) is 3.56. The molecule has 0 unspecified atom stereocenters. The fourth-order valence-corrected chi connectivity index (χ4v) is 1.99. The molecule has 0 aliphatic rings. The molecule has 0 saturated heterocycles. The Labute approximate surface area is 126 Å². The Morgan fingerprint density at radius 3 is 2.60 bits per heavy atom. The van der Waals surface area contributed by atoms with Gasteiger partial charge in [-0.1, -0.05) is 0 Å². The van der Waals surface area contributed by atoms with Crippen LogP contribution in [-0.2, 0) is 6.42 Å². The molecule has 0 atom stereocenters. The number of nitrogens with zero attached hydrogens (tertiary/aromatic N) is 3. The number of hydrogen-bond donors (Lipinski definition) is 2. The van der Waals surface area contributed by atoms with Crippen molar-refractivity contribution in [2.24, 2.45) is 10.7 Å². The summed E-state index contributed by atoms with van der Waals surface area (Å²) in [6, 6.07) is 4.05. The minimum Gasteiger partial charge on any atom is -0.369 e. The second-order valence-electron chi connectivity index (χ2n) is 4.33. The molecule has 0 aromatic carbocycles. The number of rotatable bonds is 6. The van der Waals surface area contributed by atoms with E-state index in [4.69, 9.17) is 18.0 Å². The first-order valence-electron chi connectivity index (χ1n) is 6.93. The highest BCUT2D eigenvalue weighted by atomic mass is 32.1. The number of pyridine rings is 1. The van der Waals surface area contributed by atoms with E-state index in [9.17, 15) is 0 Å². The Balaban J connectivity index is 2.28. The summed E-state index contributed by atoms with van der Waals surface area (Å²) in [5.41, 5.74) is 7.15. The van der Waals surface area contributed by atoms with Crippen LogP contribution in [0.4, 0.5) is 0 Å². The molecule has 1 aromatic rings. The monoisotopic (exact) mass is 293 g/mol. The predicted octanol–water partition coefficient (Wildman–Crippen LogP) is 1.55. The van der Waals surface area contributed by atoms with E-state index >= 15 is 0 Å². The lowest BCUT2D eigenvalue weighted by atomic mass is 10.1. The molecular formula is C14H23N5S. The van der Waals surface area contributed by atoms with Gasteiger partial charge >= 0.3 is 0 Å². The van der Waals surface area contributed by atoms with Gasteiger partial charge in [-0.3, -0.25) is 4.98 Å². The average molecular weight is 293 g/mol. The largest absolute Gasteiger partial charge is 0.369 e. The van der Waals surface area contributed by atoms with Gasteiger partial charge in [-0.25, -0.2) is 0 Å². The van der Waals surface area contributed by atoms with Crippen molar-refractivity contribution in [1.29, 1.82) is 0 Å². The van der Waals surface area contributed by atoms with Crippen molar-refractivity contribution in [3.63, 3.8) is 0 Å². The fourth-order valence-electron chi connectivity index (χ4n) is 1.80. The van der Waals surface area contributed by atoms with E-state index in [0.717, 1.165) is 32.5 Å². The first kappa shape index (κ1) is 16.4. The topological polar surface area (TPSA) is 66.5 Å². The summed E-state index contributed by atoms with van der Waals surface area (Å²) >= 11 is 5.16. The third-order valence-corrected chi connectivity index (χ3v) is 3.21. The molecule has 20 heavy (non-hydrogen) atoms. The van der Waals surface area contributed by atoms with Crippen molar-refractivity contribution in [3.8, 4) is 0 Å². The normalized spacial score (nSPS) is 11.2. The van der Waals surface area contributed by atoms with Gasteiger partial charge in [0.2, 0.25) is 0 Å². The van der Waals surface area contributed by atoms with E-state index in [1.54, 1.807) is 0 Å². The Morgan fingerprint density at radius 2 is 2.00 bits per heavy atom. The van der Waals surface area contributed by atoms with Gasteiger partial charge in [0.1, 0.15) is 0 Å². The van der Waals surface area contributed by atoms with Gasteiger partial charge in [0.25, 0.3) is 0 Å². The molecule has 0 amide bonds. The number of thiocarbonyl (C=S) groups is 1. The van der Waals surface area contributed by atoms with Crippen LogP contribution in [0, 0.1) is 0 Å². The molecule has 0 radical (unpaired) electrons. The minimum absolute atomic E-state index is 0.448. The third kappa shape index (κ3) is 5.97. The Bertz CT molecular complexity index is 428. The molecule has 0 saturated carbocycles. The molecule has 0 fully saturated rings. The fraction of sp³-hybridized carbons (Fsp3) is 0.500. The molecule has 1 rings (SSSR count). The minimum atomic E-state index is 0.448. The highest BCUT2D eigenvalue weighted by Gasteiger charge is 2.03. The number of aryl methyl sites for hydroxylation is 1. The molecule has 6 heteroatoms. The third-order valence-electron chi connectivity index (χ3n) is 2.97. The quantitative estimate of drug-likeness (QED) is 0.360. The zero-order valence-corrected chi connectivity index (χ0v) is 13.0. The average Bonchev–Trinajstić information content (AvgIpc) is 2.46. The molecule has 1 aromatic heterocycles. The summed E-state index contributed by atoms with van der Waals surface area (Å²) < 4.78 is 0. The van der Waals surface area contributed by atoms with Crippen molar-refractivity contribution in [2.75, 3.05) is 19.6 Å². The van der Waals surface area contributed by atoms with Crippen molar-refractivity contribution in [1.82, 2.24) is 15.2 Å². The highest BCUT2D eigenvalue weighted by molar-refractivity contribution is 7.80. The maximum atomic E-state index is 5.88. The zero-order valence-electron chi connectivity index (χ0n) is 12.2. The molecule has 110 valence electrons. The second-order valence-corrected chi connectivity index (χ2v) is 4.72. The van der Waals surface area contributed by atoms with Crippen molar-refractivity contribution in [2.45, 2.75) is 26.7 Å². The predicted molar refractivity (Wildman–Crippen MR) is 87.7 cm³/mol. The Kier molecular flexibility index (Phi) is 7.57. The summed E-state index contributed by atoms with van der Waals surface area (Å²) in [6.07, 6.45) is 5.60. The molecule has 0 bridgehead atoms. The maximum absolute atomic E-state index is 5.88. The maximum Gasteiger partial charge on any atom is 0.198 e. The van der Waals surface area contributed by atoms with Crippen LogP contribution in [0.1, 0.15) is 25.8 Å². The van der Waals surface area contributed by atoms with Crippen LogP contribution in [0.25, 0.3) is 0 Å². The van der Waals surface area contributed by atoms with Gasteiger partial charge in [0, 0.05) is 32.0 Å². The lowest BCUT2D eigenvalue weighted by molar-refractivity contribution is 0.461. The van der Waals surface area contributed by atoms with Gasteiger partial charge in [0.15, 0.2) is 11.1 Å². The van der Waals surface area contributed by atoms with Gasteiger partial charge < -0.3 is 16.0 Å². The van der Waals surface area contributed by atoms with Gasteiger partial charge in [-0.05, 0) is 56.6 Å². The van der Waals surface area contributed by atoms with Crippen LogP contribution < -0.4 is 11.1 Å². The van der Waals surface area contributed by atoms with Crippen LogP contribution in [0.2, 0.25) is 0 Å². The SMILES string of the molecule is CCN(CC)C(N)=NC(=S)NCCCc1ccncc1. The van der Waals surface area contributed by atoms with Gasteiger partial charge in [-0.15, -0.1) is 0 Å². The molecule has 0 spiro atoms. The highest BCUT2D eigenvalue weighted by Crippen LogP contribution is 1.99. The van der Waals surface area contributed by atoms with Crippen LogP contribution in [0.15, 0.2) is 29.5 Å². The first-order valence-corrected chi connectivity index (χ1v) is 7.34. The standard InChI is InChI=1S/C14H23N5S/c1-3-19(4-2)13(15)18-14(20)17-9-5-6-12-7-10-16-11-8-12/h7-8,10-11H,3-6,9H2,1-2H3,(H3,15,17,18,20). The number of hydrogen-bond acceptors (Lipinski definition) is 2. The number of guanidine groups is 1. The second kappa shape index (κ2) is 9.25. The first-order chi connectivity index (χ1) is 9.67. The van der Waals surface area contributed by atoms with Gasteiger partial charge in [0.05, 0.1) is 0 Å². The number of aromatic nitrogens is 1. The number of nitrogens with two attached hydrogens (primary N) is 1. The summed E-state index contributed by atoms with van der Waals surface area (Å²) in [7, 11) is 0. The summed E-state index contributed by atoms with van der Waals surface area (Å²) in [6.45, 7) is 6.53. The van der Waals surface area contributed by atoms with Gasteiger partial charge in [-0.2, -0.15) is 4.99 Å². The number of nitrogens with one attached hydrogen (secondary N) is 1. The van der Waals surface area contributed by atoms with E-state index in [1.165, 1.54) is 5.56 Å². The summed E-state index contributed by atoms with van der Waals surface area (Å²) in [4.78, 5) is 10.2. The van der Waals surface area contributed by atoms with Crippen molar-refractivity contribution >= 4 is 23.3 Å². The lowest BCUT2D eigenvalue weighted by Gasteiger charge is -2.19. The smallest absolute Gasteiger partial charge is 0.198 e. The number of aliphatic imine (C=N–C) groups is 1. The molecule has 5 nitrogen and oxygen atoms in total. The van der Waals surface area contributed by atoms with E-state index in [1.807, 2.05) is 43.3 Å². The van der Waals surface area contributed by atoms with Crippen LogP contribution in [0.5, 0.6) is 0 Å². The van der Waals surface area contributed by atoms with Crippen molar-refractivity contribution in [3.05, 3.63) is 30.1 Å². The van der Waals surface area contributed by atoms with E-state index in [2.05, 4.69) is 15.3 Å². The molecule has 3 N–H and O–H groups in total. The molecule has 0 aliphatic heterocycles. The van der Waals surface area contributed by atoms with Crippen LogP contribution >= 0.6 is 12.2 Å². The van der Waals surface area contributed by atoms with Crippen molar-refractivity contribution < 1.29 is 0 Å². The Morgan fingerprint density at radius 1 is 1.35 bits per heavy atom. The molecule has 1 heterocycles. The molecule has 0 aliphatic carbocycles. The zero-order chi connectivity index (χ0) is 14.8. The lowest BCUT2D eigenvalue weighted by Crippen LogP contribution is -2.38. The molecular weight excluding hydrogens is 270 g/mol. The van der Waals surface area contributed by atoms with E-state index < -0.39 is 0 Å². The van der Waals surface area contributed by atoms with E-state index in [0.29, 0.717) is 11.1 Å².